The van der Waals surface area contributed by atoms with Crippen molar-refractivity contribution >= 4 is 21.4 Å². The Morgan fingerprint density at radius 2 is 1.79 bits per heavy atom. The standard InChI is InChI=1S/C18H26N4O5S/c23-22(24)18-13-16(28(25,26)21-9-11-27-12-10-21)3-4-17(18)20-8-5-15(14-20)19-6-1-2-7-19/h3-4,13,15H,1-2,5-12,14H2. The van der Waals surface area contributed by atoms with Gasteiger partial charge in [-0.25, -0.2) is 8.42 Å². The molecule has 154 valence electrons. The molecule has 9 nitrogen and oxygen atoms in total. The molecule has 0 N–H and O–H groups in total. The predicted molar refractivity (Wildman–Crippen MR) is 104 cm³/mol. The van der Waals surface area contributed by atoms with Gasteiger partial charge in [0.15, 0.2) is 0 Å². The Hall–Kier alpha value is -1.75. The lowest BCUT2D eigenvalue weighted by molar-refractivity contribution is -0.384. The van der Waals surface area contributed by atoms with Gasteiger partial charge in [0.1, 0.15) is 5.69 Å². The first-order valence-electron chi connectivity index (χ1n) is 9.82. The van der Waals surface area contributed by atoms with E-state index >= 15 is 0 Å². The summed E-state index contributed by atoms with van der Waals surface area (Å²) in [7, 11) is -3.76. The highest BCUT2D eigenvalue weighted by Crippen LogP contribution is 2.35. The van der Waals surface area contributed by atoms with Gasteiger partial charge in [0.2, 0.25) is 10.0 Å². The van der Waals surface area contributed by atoms with Crippen molar-refractivity contribution in [1.29, 1.82) is 0 Å². The van der Waals surface area contributed by atoms with Crippen LogP contribution in [0.5, 0.6) is 0 Å². The number of ether oxygens (including phenoxy) is 1. The molecule has 0 spiro atoms. The minimum atomic E-state index is -3.76. The SMILES string of the molecule is O=[N+]([O-])c1cc(S(=O)(=O)N2CCOCC2)ccc1N1CCC(N2CCCC2)C1. The van der Waals surface area contributed by atoms with Crippen molar-refractivity contribution in [3.05, 3.63) is 28.3 Å². The van der Waals surface area contributed by atoms with Gasteiger partial charge in [-0.05, 0) is 44.5 Å². The molecule has 3 aliphatic rings. The van der Waals surface area contributed by atoms with E-state index in [1.807, 2.05) is 4.90 Å². The number of nitrogens with zero attached hydrogens (tertiary/aromatic N) is 4. The number of benzene rings is 1. The largest absolute Gasteiger partial charge is 0.379 e. The quantitative estimate of drug-likeness (QED) is 0.533. The number of rotatable bonds is 5. The minimum absolute atomic E-state index is 0.0276. The van der Waals surface area contributed by atoms with Gasteiger partial charge in [-0.15, -0.1) is 0 Å². The van der Waals surface area contributed by atoms with E-state index in [4.69, 9.17) is 4.74 Å². The van der Waals surface area contributed by atoms with Crippen LogP contribution in [0.3, 0.4) is 0 Å². The number of likely N-dealkylation sites (tertiary alicyclic amines) is 1. The zero-order valence-electron chi connectivity index (χ0n) is 15.8. The number of anilines is 1. The summed E-state index contributed by atoms with van der Waals surface area (Å²) in [6.45, 7) is 4.89. The maximum absolute atomic E-state index is 12.8. The number of sulfonamides is 1. The molecule has 1 unspecified atom stereocenters. The summed E-state index contributed by atoms with van der Waals surface area (Å²) in [4.78, 5) is 15.7. The molecule has 1 aromatic carbocycles. The monoisotopic (exact) mass is 410 g/mol. The van der Waals surface area contributed by atoms with Gasteiger partial charge in [0.25, 0.3) is 5.69 Å². The van der Waals surface area contributed by atoms with Crippen molar-refractivity contribution in [3.63, 3.8) is 0 Å². The van der Waals surface area contributed by atoms with Gasteiger partial charge >= 0.3 is 0 Å². The third kappa shape index (κ3) is 3.73. The van der Waals surface area contributed by atoms with Crippen LogP contribution in [0.4, 0.5) is 11.4 Å². The average molecular weight is 410 g/mol. The zero-order chi connectivity index (χ0) is 19.7. The molecule has 3 heterocycles. The van der Waals surface area contributed by atoms with Gasteiger partial charge in [-0.3, -0.25) is 15.0 Å². The molecule has 0 amide bonds. The van der Waals surface area contributed by atoms with Crippen LogP contribution >= 0.6 is 0 Å². The fraction of sp³-hybridized carbons (Fsp3) is 0.667. The summed E-state index contributed by atoms with van der Waals surface area (Å²) in [6.07, 6.45) is 3.40. The molecule has 0 saturated carbocycles. The van der Waals surface area contributed by atoms with Crippen LogP contribution in [0, 0.1) is 10.1 Å². The highest BCUT2D eigenvalue weighted by atomic mass is 32.2. The van der Waals surface area contributed by atoms with Crippen LogP contribution in [0.1, 0.15) is 19.3 Å². The number of hydrogen-bond donors (Lipinski definition) is 0. The Morgan fingerprint density at radius 3 is 2.46 bits per heavy atom. The van der Waals surface area contributed by atoms with Gasteiger partial charge in [0, 0.05) is 38.3 Å². The molecule has 3 aliphatic heterocycles. The minimum Gasteiger partial charge on any atom is -0.379 e. The topological polar surface area (TPSA) is 96.2 Å². The fourth-order valence-corrected chi connectivity index (χ4v) is 5.81. The van der Waals surface area contributed by atoms with Crippen LogP contribution < -0.4 is 4.90 Å². The summed E-state index contributed by atoms with van der Waals surface area (Å²) in [5.74, 6) is 0. The second kappa shape index (κ2) is 7.94. The Balaban J connectivity index is 1.58. The summed E-state index contributed by atoms with van der Waals surface area (Å²) in [5, 5.41) is 11.7. The molecule has 10 heteroatoms. The number of morpholine rings is 1. The number of nitro groups is 1. The molecule has 0 aliphatic carbocycles. The molecular weight excluding hydrogens is 384 g/mol. The maximum Gasteiger partial charge on any atom is 0.293 e. The predicted octanol–water partition coefficient (Wildman–Crippen LogP) is 1.29. The third-order valence-corrected chi connectivity index (χ3v) is 7.81. The molecule has 3 fully saturated rings. The van der Waals surface area contributed by atoms with E-state index < -0.39 is 14.9 Å². The highest BCUT2D eigenvalue weighted by molar-refractivity contribution is 7.89. The van der Waals surface area contributed by atoms with Gasteiger partial charge in [-0.1, -0.05) is 0 Å². The fourth-order valence-electron chi connectivity index (χ4n) is 4.38. The van der Waals surface area contributed by atoms with Crippen molar-refractivity contribution < 1.29 is 18.1 Å². The molecule has 0 bridgehead atoms. The smallest absolute Gasteiger partial charge is 0.293 e. The van der Waals surface area contributed by atoms with Crippen molar-refractivity contribution in [1.82, 2.24) is 9.21 Å². The van der Waals surface area contributed by atoms with Crippen molar-refractivity contribution in [2.75, 3.05) is 57.4 Å². The van der Waals surface area contributed by atoms with Crippen LogP contribution in [-0.2, 0) is 14.8 Å². The van der Waals surface area contributed by atoms with E-state index in [9.17, 15) is 18.5 Å². The van der Waals surface area contributed by atoms with Crippen LogP contribution in [0.15, 0.2) is 23.1 Å². The molecule has 4 rings (SSSR count). The van der Waals surface area contributed by atoms with Crippen LogP contribution in [0.25, 0.3) is 0 Å². The molecule has 0 aromatic heterocycles. The zero-order valence-corrected chi connectivity index (χ0v) is 16.6. The van der Waals surface area contributed by atoms with E-state index in [2.05, 4.69) is 4.90 Å². The van der Waals surface area contributed by atoms with Crippen molar-refractivity contribution in [3.8, 4) is 0 Å². The second-order valence-corrected chi connectivity index (χ2v) is 9.49. The second-order valence-electron chi connectivity index (χ2n) is 7.56. The first-order chi connectivity index (χ1) is 13.5. The van der Waals surface area contributed by atoms with Crippen LogP contribution in [0.2, 0.25) is 0 Å². The van der Waals surface area contributed by atoms with E-state index in [1.54, 1.807) is 6.07 Å². The summed E-state index contributed by atoms with van der Waals surface area (Å²) in [5.41, 5.74) is 0.365. The van der Waals surface area contributed by atoms with E-state index in [0.717, 1.165) is 32.6 Å². The lowest BCUT2D eigenvalue weighted by Gasteiger charge is -2.26. The lowest BCUT2D eigenvalue weighted by Crippen LogP contribution is -2.40. The molecule has 1 aromatic rings. The lowest BCUT2D eigenvalue weighted by atomic mass is 10.2. The molecule has 0 radical (unpaired) electrons. The molecule has 28 heavy (non-hydrogen) atoms. The molecule has 3 saturated heterocycles. The summed E-state index contributed by atoms with van der Waals surface area (Å²) >= 11 is 0. The Morgan fingerprint density at radius 1 is 1.07 bits per heavy atom. The number of hydrogen-bond acceptors (Lipinski definition) is 7. The van der Waals surface area contributed by atoms with E-state index in [0.29, 0.717) is 24.9 Å². The van der Waals surface area contributed by atoms with Gasteiger partial charge in [-0.2, -0.15) is 4.31 Å². The van der Waals surface area contributed by atoms with Gasteiger partial charge < -0.3 is 9.64 Å². The highest BCUT2D eigenvalue weighted by Gasteiger charge is 2.34. The maximum atomic E-state index is 12.8. The first kappa shape index (κ1) is 19.6. The Labute approximate surface area is 165 Å². The third-order valence-electron chi connectivity index (χ3n) is 5.91. The first-order valence-corrected chi connectivity index (χ1v) is 11.3. The Bertz CT molecular complexity index is 834. The molecular formula is C18H26N4O5S. The van der Waals surface area contributed by atoms with E-state index in [1.165, 1.54) is 29.3 Å². The summed E-state index contributed by atoms with van der Waals surface area (Å²) < 4.78 is 32.2. The van der Waals surface area contributed by atoms with E-state index in [-0.39, 0.29) is 23.7 Å². The van der Waals surface area contributed by atoms with Crippen LogP contribution in [-0.4, -0.2) is 81.1 Å². The summed E-state index contributed by atoms with van der Waals surface area (Å²) in [6, 6.07) is 4.72. The van der Waals surface area contributed by atoms with Gasteiger partial charge in [0.05, 0.1) is 23.0 Å². The normalized spacial score (nSPS) is 24.7. The number of nitro benzene ring substituents is 1. The van der Waals surface area contributed by atoms with Crippen molar-refractivity contribution in [2.45, 2.75) is 30.2 Å². The molecule has 1 atom stereocenters. The Kier molecular flexibility index (Phi) is 5.55. The van der Waals surface area contributed by atoms with Crippen molar-refractivity contribution in [2.24, 2.45) is 0 Å². The average Bonchev–Trinajstić information content (AvgIpc) is 3.40.